The van der Waals surface area contributed by atoms with Gasteiger partial charge < -0.3 is 18.9 Å². The highest BCUT2D eigenvalue weighted by atomic mass is 16.5. The Bertz CT molecular complexity index is 802. The van der Waals surface area contributed by atoms with Crippen LogP contribution in [0.5, 0.6) is 11.5 Å². The van der Waals surface area contributed by atoms with Crippen LogP contribution in [0.15, 0.2) is 22.7 Å². The first-order valence-electron chi connectivity index (χ1n) is 9.90. The fourth-order valence-corrected chi connectivity index (χ4v) is 3.78. The number of benzene rings is 1. The maximum Gasteiger partial charge on any atom is 0.253 e. The number of carbonyl (C=O) groups is 1. The van der Waals surface area contributed by atoms with Gasteiger partial charge in [0.1, 0.15) is 12.4 Å². The second-order valence-electron chi connectivity index (χ2n) is 7.79. The molecule has 0 bridgehead atoms. The summed E-state index contributed by atoms with van der Waals surface area (Å²) >= 11 is 0. The third-order valence-electron chi connectivity index (χ3n) is 5.82. The molecule has 0 unspecified atom stereocenters. The predicted molar refractivity (Wildman–Crippen MR) is 107 cm³/mol. The summed E-state index contributed by atoms with van der Waals surface area (Å²) in [7, 11) is 3.48. The van der Waals surface area contributed by atoms with Crippen LogP contribution in [-0.2, 0) is 6.61 Å². The molecule has 2 aromatic rings. The molecule has 28 heavy (non-hydrogen) atoms. The molecule has 1 heterocycles. The molecule has 0 spiro atoms. The van der Waals surface area contributed by atoms with Gasteiger partial charge >= 0.3 is 0 Å². The van der Waals surface area contributed by atoms with E-state index in [4.69, 9.17) is 14.0 Å². The van der Waals surface area contributed by atoms with E-state index in [9.17, 15) is 4.79 Å². The van der Waals surface area contributed by atoms with E-state index in [0.29, 0.717) is 29.7 Å². The lowest BCUT2D eigenvalue weighted by Gasteiger charge is -2.33. The number of aryl methyl sites for hydroxylation is 2. The van der Waals surface area contributed by atoms with Crippen LogP contribution in [0.2, 0.25) is 0 Å². The molecule has 1 aromatic carbocycles. The van der Waals surface area contributed by atoms with Crippen LogP contribution in [0, 0.1) is 19.8 Å². The highest BCUT2D eigenvalue weighted by Crippen LogP contribution is 2.31. The van der Waals surface area contributed by atoms with Gasteiger partial charge in [-0.05, 0) is 63.6 Å². The second-order valence-corrected chi connectivity index (χ2v) is 7.79. The first-order valence-corrected chi connectivity index (χ1v) is 9.90. The molecular weight excluding hydrogens is 356 g/mol. The molecule has 0 atom stereocenters. The summed E-state index contributed by atoms with van der Waals surface area (Å²) in [5.74, 6) is 2.66. The van der Waals surface area contributed by atoms with Gasteiger partial charge in [0.2, 0.25) is 0 Å². The number of nitrogens with zero attached hydrogens (tertiary/aromatic N) is 2. The average Bonchev–Trinajstić information content (AvgIpc) is 3.03. The summed E-state index contributed by atoms with van der Waals surface area (Å²) in [5, 5.41) is 3.94. The van der Waals surface area contributed by atoms with E-state index >= 15 is 0 Å². The Labute approximate surface area is 166 Å². The quantitative estimate of drug-likeness (QED) is 0.730. The lowest BCUT2D eigenvalue weighted by molar-refractivity contribution is 0.0679. The largest absolute Gasteiger partial charge is 0.493 e. The first-order chi connectivity index (χ1) is 13.4. The molecule has 6 nitrogen and oxygen atoms in total. The highest BCUT2D eigenvalue weighted by Gasteiger charge is 2.26. The first kappa shape index (κ1) is 20.2. The van der Waals surface area contributed by atoms with Crippen LogP contribution in [0.3, 0.4) is 0 Å². The SMILES string of the molecule is COc1cc(C(=O)N(C)C2CCC(C)CC2)ccc1OCc1c(C)noc1C. The van der Waals surface area contributed by atoms with Crippen molar-refractivity contribution in [2.75, 3.05) is 14.2 Å². The zero-order valence-corrected chi connectivity index (χ0v) is 17.4. The highest BCUT2D eigenvalue weighted by molar-refractivity contribution is 5.95. The van der Waals surface area contributed by atoms with Crippen molar-refractivity contribution in [3.05, 3.63) is 40.8 Å². The molecule has 1 aliphatic carbocycles. The molecular formula is C22H30N2O4. The summed E-state index contributed by atoms with van der Waals surface area (Å²) in [6.45, 7) is 6.37. The van der Waals surface area contributed by atoms with E-state index in [1.807, 2.05) is 25.8 Å². The molecule has 0 N–H and O–H groups in total. The summed E-state index contributed by atoms with van der Waals surface area (Å²) in [5.41, 5.74) is 2.35. The van der Waals surface area contributed by atoms with Gasteiger partial charge in [0.05, 0.1) is 18.4 Å². The van der Waals surface area contributed by atoms with Gasteiger partial charge in [0.25, 0.3) is 5.91 Å². The summed E-state index contributed by atoms with van der Waals surface area (Å²) < 4.78 is 16.5. The molecule has 0 radical (unpaired) electrons. The number of rotatable bonds is 6. The molecule has 1 amide bonds. The Kier molecular flexibility index (Phi) is 6.27. The lowest BCUT2D eigenvalue weighted by atomic mass is 9.86. The van der Waals surface area contributed by atoms with E-state index in [0.717, 1.165) is 35.8 Å². The van der Waals surface area contributed by atoms with Crippen molar-refractivity contribution in [3.8, 4) is 11.5 Å². The van der Waals surface area contributed by atoms with Crippen molar-refractivity contribution < 1.29 is 18.8 Å². The maximum atomic E-state index is 12.9. The summed E-state index contributed by atoms with van der Waals surface area (Å²) in [4.78, 5) is 14.8. The van der Waals surface area contributed by atoms with E-state index in [2.05, 4.69) is 12.1 Å². The Morgan fingerprint density at radius 2 is 1.93 bits per heavy atom. The van der Waals surface area contributed by atoms with Gasteiger partial charge in [0, 0.05) is 18.7 Å². The Balaban J connectivity index is 1.70. The minimum Gasteiger partial charge on any atom is -0.493 e. The van der Waals surface area contributed by atoms with Crippen molar-refractivity contribution >= 4 is 5.91 Å². The van der Waals surface area contributed by atoms with Gasteiger partial charge in [0.15, 0.2) is 11.5 Å². The number of amides is 1. The summed E-state index contributed by atoms with van der Waals surface area (Å²) in [6, 6.07) is 5.66. The average molecular weight is 386 g/mol. The van der Waals surface area contributed by atoms with Gasteiger partial charge in [-0.1, -0.05) is 12.1 Å². The van der Waals surface area contributed by atoms with Crippen LogP contribution in [0.1, 0.15) is 60.0 Å². The molecule has 1 aliphatic rings. The minimum atomic E-state index is 0.0233. The van der Waals surface area contributed by atoms with Crippen LogP contribution in [-0.4, -0.2) is 36.2 Å². The molecule has 6 heteroatoms. The van der Waals surface area contributed by atoms with Crippen molar-refractivity contribution in [2.24, 2.45) is 5.92 Å². The minimum absolute atomic E-state index is 0.0233. The lowest BCUT2D eigenvalue weighted by Crippen LogP contribution is -2.39. The standard InChI is InChI=1S/C22H30N2O4/c1-14-6-9-18(10-7-14)24(4)22(25)17-8-11-20(21(12-17)26-5)27-13-19-15(2)23-28-16(19)3/h8,11-12,14,18H,6-7,9-10,13H2,1-5H3. The topological polar surface area (TPSA) is 64.8 Å². The van der Waals surface area contributed by atoms with E-state index in [1.54, 1.807) is 25.3 Å². The maximum absolute atomic E-state index is 12.9. The van der Waals surface area contributed by atoms with Crippen LogP contribution in [0.4, 0.5) is 0 Å². The van der Waals surface area contributed by atoms with Crippen LogP contribution >= 0.6 is 0 Å². The molecule has 0 aliphatic heterocycles. The van der Waals surface area contributed by atoms with Gasteiger partial charge in [-0.15, -0.1) is 0 Å². The zero-order chi connectivity index (χ0) is 20.3. The Morgan fingerprint density at radius 1 is 1.21 bits per heavy atom. The fourth-order valence-electron chi connectivity index (χ4n) is 3.78. The molecule has 1 saturated carbocycles. The second kappa shape index (κ2) is 8.67. The van der Waals surface area contributed by atoms with Gasteiger partial charge in [-0.3, -0.25) is 4.79 Å². The third kappa shape index (κ3) is 4.32. The zero-order valence-electron chi connectivity index (χ0n) is 17.4. The number of methoxy groups -OCH3 is 1. The number of aromatic nitrogens is 1. The monoisotopic (exact) mass is 386 g/mol. The molecule has 1 fully saturated rings. The van der Waals surface area contributed by atoms with E-state index < -0.39 is 0 Å². The van der Waals surface area contributed by atoms with Crippen LogP contribution < -0.4 is 9.47 Å². The molecule has 3 rings (SSSR count). The number of ether oxygens (including phenoxy) is 2. The van der Waals surface area contributed by atoms with E-state index in [1.165, 1.54) is 12.8 Å². The van der Waals surface area contributed by atoms with Crippen LogP contribution in [0.25, 0.3) is 0 Å². The van der Waals surface area contributed by atoms with Gasteiger partial charge in [-0.25, -0.2) is 0 Å². The number of carbonyl (C=O) groups excluding carboxylic acids is 1. The van der Waals surface area contributed by atoms with Gasteiger partial charge in [-0.2, -0.15) is 0 Å². The number of hydrogen-bond acceptors (Lipinski definition) is 5. The number of hydrogen-bond donors (Lipinski definition) is 0. The fraction of sp³-hybridized carbons (Fsp3) is 0.545. The Morgan fingerprint density at radius 3 is 2.54 bits per heavy atom. The molecule has 1 aromatic heterocycles. The van der Waals surface area contributed by atoms with Crippen molar-refractivity contribution in [1.82, 2.24) is 10.1 Å². The predicted octanol–water partition coefficient (Wildman–Crippen LogP) is 4.53. The summed E-state index contributed by atoms with van der Waals surface area (Å²) in [6.07, 6.45) is 4.50. The molecule has 152 valence electrons. The van der Waals surface area contributed by atoms with Crippen molar-refractivity contribution in [1.29, 1.82) is 0 Å². The molecule has 0 saturated heterocycles. The normalized spacial score (nSPS) is 19.3. The third-order valence-corrected chi connectivity index (χ3v) is 5.82. The van der Waals surface area contributed by atoms with Crippen molar-refractivity contribution in [3.63, 3.8) is 0 Å². The Hall–Kier alpha value is -2.50. The van der Waals surface area contributed by atoms with E-state index in [-0.39, 0.29) is 5.91 Å². The van der Waals surface area contributed by atoms with Crippen molar-refractivity contribution in [2.45, 2.75) is 59.1 Å². The smallest absolute Gasteiger partial charge is 0.253 e.